The van der Waals surface area contributed by atoms with Crippen molar-refractivity contribution in [2.24, 2.45) is 0 Å². The van der Waals surface area contributed by atoms with Gasteiger partial charge in [-0.25, -0.2) is 0 Å². The molecule has 2 aliphatic rings. The third kappa shape index (κ3) is 1.70. The van der Waals surface area contributed by atoms with Crippen molar-refractivity contribution in [3.05, 3.63) is 29.3 Å². The lowest BCUT2D eigenvalue weighted by atomic mass is 9.94. The Morgan fingerprint density at radius 2 is 1.94 bits per heavy atom. The maximum atomic E-state index is 12.4. The van der Waals surface area contributed by atoms with Crippen LogP contribution in [0.3, 0.4) is 0 Å². The number of hydrogen-bond donors (Lipinski definition) is 1. The van der Waals surface area contributed by atoms with Gasteiger partial charge in [-0.1, -0.05) is 31.4 Å². The van der Waals surface area contributed by atoms with E-state index in [9.17, 15) is 4.79 Å². The molecule has 17 heavy (non-hydrogen) atoms. The minimum absolute atomic E-state index is 0.144. The molecule has 0 aromatic heterocycles. The first-order valence-electron chi connectivity index (χ1n) is 6.45. The zero-order chi connectivity index (χ0) is 11.8. The number of carbonyl (C=O) groups excluding carboxylic acids is 1. The summed E-state index contributed by atoms with van der Waals surface area (Å²) < 4.78 is 0. The van der Waals surface area contributed by atoms with Gasteiger partial charge in [0.2, 0.25) is 0 Å². The van der Waals surface area contributed by atoms with Crippen molar-refractivity contribution in [3.8, 4) is 0 Å². The lowest BCUT2D eigenvalue weighted by Crippen LogP contribution is -2.36. The summed E-state index contributed by atoms with van der Waals surface area (Å²) in [5.41, 5.74) is 8.38. The quantitative estimate of drug-likeness (QED) is 0.754. The van der Waals surface area contributed by atoms with Crippen molar-refractivity contribution in [1.82, 2.24) is 4.90 Å². The summed E-state index contributed by atoms with van der Waals surface area (Å²) in [6, 6.07) is 6.21. The fourth-order valence-electron chi connectivity index (χ4n) is 3.10. The molecule has 1 amide bonds. The lowest BCUT2D eigenvalue weighted by Gasteiger charge is -2.30. The molecule has 0 saturated heterocycles. The van der Waals surface area contributed by atoms with E-state index in [1.54, 1.807) is 0 Å². The van der Waals surface area contributed by atoms with Gasteiger partial charge in [0, 0.05) is 18.3 Å². The van der Waals surface area contributed by atoms with Gasteiger partial charge in [0.05, 0.1) is 5.56 Å². The molecule has 1 aromatic rings. The number of rotatable bonds is 1. The monoisotopic (exact) mass is 230 g/mol. The molecule has 1 heterocycles. The number of carbonyl (C=O) groups is 1. The third-order valence-electron chi connectivity index (χ3n) is 4.01. The zero-order valence-corrected chi connectivity index (χ0v) is 9.98. The highest BCUT2D eigenvalue weighted by molar-refractivity contribution is 6.03. The molecule has 0 bridgehead atoms. The Kier molecular flexibility index (Phi) is 2.54. The topological polar surface area (TPSA) is 46.3 Å². The van der Waals surface area contributed by atoms with Crippen LogP contribution >= 0.6 is 0 Å². The Balaban J connectivity index is 1.88. The summed E-state index contributed by atoms with van der Waals surface area (Å²) in [6.07, 6.45) is 6.12. The van der Waals surface area contributed by atoms with Crippen LogP contribution in [0, 0.1) is 0 Å². The minimum Gasteiger partial charge on any atom is -0.398 e. The molecule has 0 atom stereocenters. The average Bonchev–Trinajstić information content (AvgIpc) is 2.69. The van der Waals surface area contributed by atoms with Crippen molar-refractivity contribution in [3.63, 3.8) is 0 Å². The van der Waals surface area contributed by atoms with Crippen molar-refractivity contribution in [1.29, 1.82) is 0 Å². The van der Waals surface area contributed by atoms with E-state index in [4.69, 9.17) is 5.73 Å². The van der Waals surface area contributed by atoms with E-state index in [1.165, 1.54) is 19.3 Å². The molecule has 0 unspecified atom stereocenters. The molecule has 1 aliphatic heterocycles. The van der Waals surface area contributed by atoms with Crippen LogP contribution in [0.4, 0.5) is 5.69 Å². The second-order valence-electron chi connectivity index (χ2n) is 5.11. The Morgan fingerprint density at radius 1 is 1.18 bits per heavy atom. The van der Waals surface area contributed by atoms with E-state index in [2.05, 4.69) is 0 Å². The molecule has 3 nitrogen and oxygen atoms in total. The van der Waals surface area contributed by atoms with Crippen LogP contribution in [0.25, 0.3) is 0 Å². The number of fused-ring (bicyclic) bond motifs is 1. The van der Waals surface area contributed by atoms with Crippen molar-refractivity contribution >= 4 is 11.6 Å². The highest BCUT2D eigenvalue weighted by Gasteiger charge is 2.34. The minimum atomic E-state index is 0.144. The molecule has 1 fully saturated rings. The zero-order valence-electron chi connectivity index (χ0n) is 9.98. The maximum absolute atomic E-state index is 12.4. The molecule has 0 spiro atoms. The molecule has 90 valence electrons. The number of nitrogens with two attached hydrogens (primary N) is 1. The molecule has 1 aromatic carbocycles. The van der Waals surface area contributed by atoms with Gasteiger partial charge >= 0.3 is 0 Å². The Bertz CT molecular complexity index is 450. The number of hydrogen-bond acceptors (Lipinski definition) is 2. The van der Waals surface area contributed by atoms with Crippen LogP contribution in [0.2, 0.25) is 0 Å². The second-order valence-corrected chi connectivity index (χ2v) is 5.11. The highest BCUT2D eigenvalue weighted by atomic mass is 16.2. The van der Waals surface area contributed by atoms with Gasteiger partial charge in [0.1, 0.15) is 0 Å². The van der Waals surface area contributed by atoms with Gasteiger partial charge in [-0.2, -0.15) is 0 Å². The first-order valence-corrected chi connectivity index (χ1v) is 6.45. The Morgan fingerprint density at radius 3 is 2.65 bits per heavy atom. The molecular formula is C14H18N2O. The van der Waals surface area contributed by atoms with Gasteiger partial charge in [-0.15, -0.1) is 0 Å². The van der Waals surface area contributed by atoms with Crippen molar-refractivity contribution < 1.29 is 4.79 Å². The van der Waals surface area contributed by atoms with E-state index in [1.807, 2.05) is 23.1 Å². The Hall–Kier alpha value is -1.51. The summed E-state index contributed by atoms with van der Waals surface area (Å²) in [5, 5.41) is 0. The predicted molar refractivity (Wildman–Crippen MR) is 67.6 cm³/mol. The predicted octanol–water partition coefficient (Wildman–Crippen LogP) is 2.56. The summed E-state index contributed by atoms with van der Waals surface area (Å²) in [4.78, 5) is 14.4. The Labute approximate surface area is 102 Å². The van der Waals surface area contributed by atoms with Crippen LogP contribution in [0.1, 0.15) is 48.0 Å². The first-order chi connectivity index (χ1) is 8.27. The number of amides is 1. The smallest absolute Gasteiger partial charge is 0.256 e. The standard InChI is InChI=1S/C14H18N2O/c15-12-8-4-5-10-9-16(14(17)13(10)12)11-6-2-1-3-7-11/h4-5,8,11H,1-3,6-7,9,15H2. The van der Waals surface area contributed by atoms with Crippen LogP contribution < -0.4 is 5.73 Å². The van der Waals surface area contributed by atoms with E-state index in [0.717, 1.165) is 30.5 Å². The van der Waals surface area contributed by atoms with Gasteiger partial charge in [0.25, 0.3) is 5.91 Å². The van der Waals surface area contributed by atoms with Crippen LogP contribution in [0.5, 0.6) is 0 Å². The summed E-state index contributed by atoms with van der Waals surface area (Å²) in [6.45, 7) is 0.754. The van der Waals surface area contributed by atoms with Gasteiger partial charge in [-0.3, -0.25) is 4.79 Å². The van der Waals surface area contributed by atoms with Crippen molar-refractivity contribution in [2.45, 2.75) is 44.7 Å². The normalized spacial score (nSPS) is 20.7. The molecule has 3 rings (SSSR count). The van der Waals surface area contributed by atoms with E-state index in [-0.39, 0.29) is 5.91 Å². The first kappa shape index (κ1) is 10.6. The summed E-state index contributed by atoms with van der Waals surface area (Å²) in [7, 11) is 0. The third-order valence-corrected chi connectivity index (χ3v) is 4.01. The highest BCUT2D eigenvalue weighted by Crippen LogP contribution is 2.33. The SMILES string of the molecule is Nc1cccc2c1C(=O)N(C1CCCCC1)C2. The molecule has 0 radical (unpaired) electrons. The lowest BCUT2D eigenvalue weighted by molar-refractivity contribution is 0.0661. The number of nitrogen functional groups attached to an aromatic ring is 1. The van der Waals surface area contributed by atoms with Crippen LogP contribution in [-0.4, -0.2) is 16.8 Å². The van der Waals surface area contributed by atoms with Gasteiger partial charge in [0.15, 0.2) is 0 Å². The maximum Gasteiger partial charge on any atom is 0.256 e. The number of benzene rings is 1. The van der Waals surface area contributed by atoms with Crippen molar-refractivity contribution in [2.75, 3.05) is 5.73 Å². The van der Waals surface area contributed by atoms with Crippen LogP contribution in [-0.2, 0) is 6.54 Å². The molecule has 1 saturated carbocycles. The second kappa shape index (κ2) is 4.06. The van der Waals surface area contributed by atoms with E-state index < -0.39 is 0 Å². The van der Waals surface area contributed by atoms with E-state index >= 15 is 0 Å². The largest absolute Gasteiger partial charge is 0.398 e. The number of anilines is 1. The van der Waals surface area contributed by atoms with Crippen LogP contribution in [0.15, 0.2) is 18.2 Å². The fraction of sp³-hybridized carbons (Fsp3) is 0.500. The molecular weight excluding hydrogens is 212 g/mol. The fourth-order valence-corrected chi connectivity index (χ4v) is 3.10. The summed E-state index contributed by atoms with van der Waals surface area (Å²) in [5.74, 6) is 0.144. The molecule has 3 heteroatoms. The molecule has 2 N–H and O–H groups in total. The summed E-state index contributed by atoms with van der Waals surface area (Å²) >= 11 is 0. The van der Waals surface area contributed by atoms with Gasteiger partial charge < -0.3 is 10.6 Å². The molecule has 1 aliphatic carbocycles. The van der Waals surface area contributed by atoms with E-state index in [0.29, 0.717) is 11.7 Å². The average molecular weight is 230 g/mol. The number of nitrogens with zero attached hydrogens (tertiary/aromatic N) is 1. The van der Waals surface area contributed by atoms with Gasteiger partial charge in [-0.05, 0) is 24.5 Å².